The van der Waals surface area contributed by atoms with Crippen LogP contribution in [-0.4, -0.2) is 25.3 Å². The van der Waals surface area contributed by atoms with Crippen molar-refractivity contribution in [1.29, 1.82) is 0 Å². The number of halogens is 1. The van der Waals surface area contributed by atoms with Crippen molar-refractivity contribution in [1.82, 2.24) is 4.31 Å². The van der Waals surface area contributed by atoms with E-state index in [9.17, 15) is 8.42 Å². The first-order chi connectivity index (χ1) is 9.09. The Morgan fingerprint density at radius 2 is 1.95 bits per heavy atom. The van der Waals surface area contributed by atoms with E-state index in [-0.39, 0.29) is 6.04 Å². The Balaban J connectivity index is 2.29. The van der Waals surface area contributed by atoms with Gasteiger partial charge in [0.05, 0.1) is 4.90 Å². The van der Waals surface area contributed by atoms with Crippen molar-refractivity contribution >= 4 is 21.6 Å². The summed E-state index contributed by atoms with van der Waals surface area (Å²) in [6, 6.07) is 7.03. The standard InChI is InChI=1S/C14H20ClNO2S/c1-2-13-5-3-4-10-16(13)19(17,18)14-8-6-12(11-15)7-9-14/h6-9,13H,2-5,10-11H2,1H3. The topological polar surface area (TPSA) is 37.4 Å². The fourth-order valence-corrected chi connectivity index (χ4v) is 4.53. The van der Waals surface area contributed by atoms with Gasteiger partial charge in [-0.15, -0.1) is 11.6 Å². The summed E-state index contributed by atoms with van der Waals surface area (Å²) in [5, 5.41) is 0. The first-order valence-corrected chi connectivity index (χ1v) is 8.73. The molecule has 0 spiro atoms. The van der Waals surface area contributed by atoms with E-state index in [2.05, 4.69) is 6.92 Å². The third-order valence-electron chi connectivity index (χ3n) is 3.73. The monoisotopic (exact) mass is 301 g/mol. The predicted octanol–water partition coefficient (Wildman–Crippen LogP) is 3.38. The molecule has 1 atom stereocenters. The molecule has 0 saturated carbocycles. The molecule has 0 N–H and O–H groups in total. The fraction of sp³-hybridized carbons (Fsp3) is 0.571. The van der Waals surface area contributed by atoms with Crippen LogP contribution >= 0.6 is 11.6 Å². The van der Waals surface area contributed by atoms with E-state index in [1.165, 1.54) is 0 Å². The number of nitrogens with zero attached hydrogens (tertiary/aromatic N) is 1. The second-order valence-electron chi connectivity index (χ2n) is 4.95. The minimum absolute atomic E-state index is 0.145. The predicted molar refractivity (Wildman–Crippen MR) is 77.8 cm³/mol. The Hall–Kier alpha value is -0.580. The highest BCUT2D eigenvalue weighted by Crippen LogP contribution is 2.27. The van der Waals surface area contributed by atoms with E-state index in [1.807, 2.05) is 0 Å². The molecule has 1 aromatic carbocycles. The quantitative estimate of drug-likeness (QED) is 0.800. The molecule has 19 heavy (non-hydrogen) atoms. The van der Waals surface area contributed by atoms with Crippen LogP contribution in [0.1, 0.15) is 38.2 Å². The average molecular weight is 302 g/mol. The molecule has 106 valence electrons. The van der Waals surface area contributed by atoms with Gasteiger partial charge in [0.15, 0.2) is 0 Å². The summed E-state index contributed by atoms with van der Waals surface area (Å²) in [4.78, 5) is 0.377. The summed E-state index contributed by atoms with van der Waals surface area (Å²) >= 11 is 5.73. The molecule has 0 amide bonds. The van der Waals surface area contributed by atoms with Crippen LogP contribution in [0.25, 0.3) is 0 Å². The average Bonchev–Trinajstić information content (AvgIpc) is 2.47. The number of rotatable bonds is 4. The molecule has 0 radical (unpaired) electrons. The zero-order chi connectivity index (χ0) is 13.9. The molecular formula is C14H20ClNO2S. The Morgan fingerprint density at radius 3 is 2.53 bits per heavy atom. The lowest BCUT2D eigenvalue weighted by molar-refractivity contribution is 0.246. The van der Waals surface area contributed by atoms with Crippen molar-refractivity contribution in [3.63, 3.8) is 0 Å². The summed E-state index contributed by atoms with van der Waals surface area (Å²) < 4.78 is 27.0. The Kier molecular flexibility index (Phi) is 4.87. The lowest BCUT2D eigenvalue weighted by Crippen LogP contribution is -2.43. The molecule has 2 rings (SSSR count). The van der Waals surface area contributed by atoms with Crippen LogP contribution in [0.2, 0.25) is 0 Å². The summed E-state index contributed by atoms with van der Waals surface area (Å²) in [6.45, 7) is 2.69. The lowest BCUT2D eigenvalue weighted by Gasteiger charge is -2.34. The van der Waals surface area contributed by atoms with Crippen LogP contribution in [0.5, 0.6) is 0 Å². The summed E-state index contributed by atoms with van der Waals surface area (Å²) in [5.74, 6) is 0.404. The number of hydrogen-bond donors (Lipinski definition) is 0. The van der Waals surface area contributed by atoms with Gasteiger partial charge in [-0.1, -0.05) is 25.5 Å². The van der Waals surface area contributed by atoms with Crippen molar-refractivity contribution in [2.24, 2.45) is 0 Å². The normalized spacial score (nSPS) is 21.5. The first-order valence-electron chi connectivity index (χ1n) is 6.76. The Bertz CT molecular complexity index is 513. The SMILES string of the molecule is CCC1CCCCN1S(=O)(=O)c1ccc(CCl)cc1. The fourth-order valence-electron chi connectivity index (χ4n) is 2.58. The Labute approximate surface area is 120 Å². The minimum Gasteiger partial charge on any atom is -0.207 e. The molecular weight excluding hydrogens is 282 g/mol. The zero-order valence-corrected chi connectivity index (χ0v) is 12.8. The summed E-state index contributed by atoms with van der Waals surface area (Å²) in [6.07, 6.45) is 3.92. The van der Waals surface area contributed by atoms with Gasteiger partial charge in [-0.2, -0.15) is 4.31 Å². The molecule has 1 aromatic rings. The van der Waals surface area contributed by atoms with Crippen LogP contribution in [-0.2, 0) is 15.9 Å². The van der Waals surface area contributed by atoms with Crippen molar-refractivity contribution < 1.29 is 8.42 Å². The Morgan fingerprint density at radius 1 is 1.26 bits per heavy atom. The van der Waals surface area contributed by atoms with Crippen molar-refractivity contribution in [2.45, 2.75) is 49.4 Å². The molecule has 0 bridgehead atoms. The molecule has 0 aliphatic carbocycles. The molecule has 1 saturated heterocycles. The number of benzene rings is 1. The van der Waals surface area contributed by atoms with Crippen LogP contribution in [0, 0.1) is 0 Å². The number of sulfonamides is 1. The van der Waals surface area contributed by atoms with Gasteiger partial charge in [-0.3, -0.25) is 0 Å². The second kappa shape index (κ2) is 6.25. The van der Waals surface area contributed by atoms with Crippen molar-refractivity contribution in [2.75, 3.05) is 6.54 Å². The van der Waals surface area contributed by atoms with E-state index < -0.39 is 10.0 Å². The van der Waals surface area contributed by atoms with Gasteiger partial charge in [0.1, 0.15) is 0 Å². The van der Waals surface area contributed by atoms with Gasteiger partial charge in [-0.25, -0.2) is 8.42 Å². The number of alkyl halides is 1. The number of piperidine rings is 1. The largest absolute Gasteiger partial charge is 0.243 e. The highest BCUT2D eigenvalue weighted by molar-refractivity contribution is 7.89. The minimum atomic E-state index is -3.36. The van der Waals surface area contributed by atoms with E-state index in [1.54, 1.807) is 28.6 Å². The first kappa shape index (κ1) is 14.8. The van der Waals surface area contributed by atoms with Gasteiger partial charge < -0.3 is 0 Å². The molecule has 1 fully saturated rings. The summed E-state index contributed by atoms with van der Waals surface area (Å²) in [5.41, 5.74) is 0.936. The molecule has 0 aromatic heterocycles. The highest BCUT2D eigenvalue weighted by atomic mass is 35.5. The molecule has 1 aliphatic heterocycles. The third-order valence-corrected chi connectivity index (χ3v) is 6.00. The molecule has 1 aliphatic rings. The van der Waals surface area contributed by atoms with Gasteiger partial charge >= 0.3 is 0 Å². The van der Waals surface area contributed by atoms with Gasteiger partial charge in [0, 0.05) is 18.5 Å². The van der Waals surface area contributed by atoms with Gasteiger partial charge in [0.25, 0.3) is 0 Å². The van der Waals surface area contributed by atoms with E-state index >= 15 is 0 Å². The molecule has 3 nitrogen and oxygen atoms in total. The van der Waals surface area contributed by atoms with E-state index in [0.29, 0.717) is 17.3 Å². The molecule has 1 heterocycles. The van der Waals surface area contributed by atoms with Crippen LogP contribution in [0.3, 0.4) is 0 Å². The second-order valence-corrected chi connectivity index (χ2v) is 7.11. The number of hydrogen-bond acceptors (Lipinski definition) is 2. The zero-order valence-electron chi connectivity index (χ0n) is 11.2. The molecule has 1 unspecified atom stereocenters. The van der Waals surface area contributed by atoms with Gasteiger partial charge in [0.2, 0.25) is 10.0 Å². The maximum absolute atomic E-state index is 12.6. The molecule has 5 heteroatoms. The van der Waals surface area contributed by atoms with Crippen LogP contribution in [0.15, 0.2) is 29.2 Å². The smallest absolute Gasteiger partial charge is 0.207 e. The third kappa shape index (κ3) is 3.12. The lowest BCUT2D eigenvalue weighted by atomic mass is 10.0. The van der Waals surface area contributed by atoms with Crippen LogP contribution in [0.4, 0.5) is 0 Å². The maximum Gasteiger partial charge on any atom is 0.243 e. The van der Waals surface area contributed by atoms with Gasteiger partial charge in [-0.05, 0) is 37.0 Å². The summed E-state index contributed by atoms with van der Waals surface area (Å²) in [7, 11) is -3.36. The van der Waals surface area contributed by atoms with Crippen molar-refractivity contribution in [3.05, 3.63) is 29.8 Å². The maximum atomic E-state index is 12.6. The van der Waals surface area contributed by atoms with E-state index in [0.717, 1.165) is 31.2 Å². The van der Waals surface area contributed by atoms with Crippen LogP contribution < -0.4 is 0 Å². The highest BCUT2D eigenvalue weighted by Gasteiger charge is 2.32. The van der Waals surface area contributed by atoms with Crippen molar-refractivity contribution in [3.8, 4) is 0 Å². The van der Waals surface area contributed by atoms with E-state index in [4.69, 9.17) is 11.6 Å².